The molecule has 0 heterocycles. The lowest BCUT2D eigenvalue weighted by molar-refractivity contribution is 0.485. The molecule has 0 saturated heterocycles. The Morgan fingerprint density at radius 1 is 1.14 bits per heavy atom. The second-order valence-electron chi connectivity index (χ2n) is 6.87. The van der Waals surface area contributed by atoms with E-state index in [1.54, 1.807) is 20.8 Å². The molecule has 0 amide bonds. The van der Waals surface area contributed by atoms with Gasteiger partial charge in [0, 0.05) is 0 Å². The molecule has 2 atom stereocenters. The molecule has 1 aromatic rings. The first-order valence-electron chi connectivity index (χ1n) is 7.79. The third kappa shape index (κ3) is 3.08. The fraction of sp³-hybridized carbons (Fsp3) is 0.556. The maximum absolute atomic E-state index is 13.1. The number of allylic oxidation sites excluding steroid dienone is 1. The van der Waals surface area contributed by atoms with Crippen LogP contribution in [0, 0.1) is 5.92 Å². The smallest absolute Gasteiger partial charge is 0.162 e. The highest BCUT2D eigenvalue weighted by molar-refractivity contribution is 7.93. The zero-order valence-corrected chi connectivity index (χ0v) is 14.3. The molecule has 1 aliphatic rings. The summed E-state index contributed by atoms with van der Waals surface area (Å²) in [5, 5.41) is -0.412. The predicted octanol–water partition coefficient (Wildman–Crippen LogP) is 4.77. The second-order valence-corrected chi connectivity index (χ2v) is 9.69. The zero-order valence-electron chi connectivity index (χ0n) is 13.5. The van der Waals surface area contributed by atoms with E-state index in [-0.39, 0.29) is 5.92 Å². The lowest BCUT2D eigenvalue weighted by atomic mass is 9.86. The molecule has 0 radical (unpaired) electrons. The summed E-state index contributed by atoms with van der Waals surface area (Å²) in [5.74, 6) is 0.0871. The highest BCUT2D eigenvalue weighted by Gasteiger charge is 2.43. The van der Waals surface area contributed by atoms with Crippen LogP contribution in [0.1, 0.15) is 63.3 Å². The van der Waals surface area contributed by atoms with Crippen LogP contribution in [0.15, 0.2) is 30.3 Å². The van der Waals surface area contributed by atoms with E-state index in [4.69, 9.17) is 0 Å². The molecule has 0 spiro atoms. The first-order valence-corrected chi connectivity index (χ1v) is 9.34. The van der Waals surface area contributed by atoms with Crippen molar-refractivity contribution in [2.75, 3.05) is 0 Å². The van der Waals surface area contributed by atoms with E-state index in [1.807, 2.05) is 24.3 Å². The first kappa shape index (κ1) is 16.3. The maximum atomic E-state index is 13.1. The molecule has 0 fully saturated rings. The number of sulfone groups is 1. The highest BCUT2D eigenvalue weighted by Crippen LogP contribution is 2.44. The van der Waals surface area contributed by atoms with Gasteiger partial charge in [0.25, 0.3) is 0 Å². The van der Waals surface area contributed by atoms with Crippen molar-refractivity contribution in [1.82, 2.24) is 0 Å². The molecular weight excluding hydrogens is 280 g/mol. The lowest BCUT2D eigenvalue weighted by Crippen LogP contribution is -2.36. The Hall–Kier alpha value is -1.09. The van der Waals surface area contributed by atoms with Crippen LogP contribution >= 0.6 is 0 Å². The molecular formula is C18H26O2S. The molecule has 0 aromatic heterocycles. The van der Waals surface area contributed by atoms with Gasteiger partial charge in [0.2, 0.25) is 0 Å². The van der Waals surface area contributed by atoms with Gasteiger partial charge in [-0.05, 0) is 44.2 Å². The van der Waals surface area contributed by atoms with Gasteiger partial charge in [-0.2, -0.15) is 0 Å². The Bertz CT molecular complexity index is 621. The van der Waals surface area contributed by atoms with Crippen LogP contribution < -0.4 is 0 Å². The summed E-state index contributed by atoms with van der Waals surface area (Å²) < 4.78 is 25.5. The monoisotopic (exact) mass is 306 g/mol. The largest absolute Gasteiger partial charge is 0.228 e. The van der Waals surface area contributed by atoms with E-state index in [2.05, 4.69) is 19.1 Å². The molecule has 0 saturated carbocycles. The van der Waals surface area contributed by atoms with Crippen LogP contribution in [-0.4, -0.2) is 13.2 Å². The second kappa shape index (κ2) is 5.96. The van der Waals surface area contributed by atoms with Crippen molar-refractivity contribution in [1.29, 1.82) is 0 Å². The summed E-state index contributed by atoms with van der Waals surface area (Å²) in [7, 11) is -3.24. The Balaban J connectivity index is 2.52. The molecule has 2 rings (SSSR count). The molecule has 116 valence electrons. The van der Waals surface area contributed by atoms with Crippen LogP contribution in [0.3, 0.4) is 0 Å². The van der Waals surface area contributed by atoms with E-state index in [9.17, 15) is 8.42 Å². The zero-order chi connectivity index (χ0) is 15.7. The minimum Gasteiger partial charge on any atom is -0.228 e. The molecule has 2 unspecified atom stereocenters. The van der Waals surface area contributed by atoms with Gasteiger partial charge in [0.1, 0.15) is 0 Å². The summed E-state index contributed by atoms with van der Waals surface area (Å²) >= 11 is 0. The van der Waals surface area contributed by atoms with Crippen LogP contribution in [0.2, 0.25) is 0 Å². The third-order valence-electron chi connectivity index (χ3n) is 4.29. The summed E-state index contributed by atoms with van der Waals surface area (Å²) in [4.78, 5) is 0. The maximum Gasteiger partial charge on any atom is 0.162 e. The van der Waals surface area contributed by atoms with Crippen LogP contribution in [-0.2, 0) is 9.84 Å². The minimum absolute atomic E-state index is 0.0871. The number of hydrogen-bond donors (Lipinski definition) is 0. The number of hydrogen-bond acceptors (Lipinski definition) is 2. The summed E-state index contributed by atoms with van der Waals surface area (Å²) in [6.45, 7) is 7.56. The van der Waals surface area contributed by atoms with Crippen molar-refractivity contribution in [3.63, 3.8) is 0 Å². The van der Waals surface area contributed by atoms with E-state index < -0.39 is 19.8 Å². The van der Waals surface area contributed by atoms with Gasteiger partial charge in [0.15, 0.2) is 9.84 Å². The minimum atomic E-state index is -3.24. The Morgan fingerprint density at radius 3 is 2.43 bits per heavy atom. The van der Waals surface area contributed by atoms with E-state index in [0.717, 1.165) is 30.4 Å². The Kier molecular flexibility index (Phi) is 4.62. The Morgan fingerprint density at radius 2 is 1.81 bits per heavy atom. The van der Waals surface area contributed by atoms with Gasteiger partial charge in [-0.25, -0.2) is 8.42 Å². The van der Waals surface area contributed by atoms with Gasteiger partial charge >= 0.3 is 0 Å². The van der Waals surface area contributed by atoms with Gasteiger partial charge in [-0.1, -0.05) is 56.2 Å². The lowest BCUT2D eigenvalue weighted by Gasteiger charge is -2.34. The van der Waals surface area contributed by atoms with Crippen LogP contribution in [0.5, 0.6) is 0 Å². The van der Waals surface area contributed by atoms with E-state index in [1.165, 1.54) is 0 Å². The predicted molar refractivity (Wildman–Crippen MR) is 89.9 cm³/mol. The molecule has 3 heteroatoms. The molecule has 1 aliphatic carbocycles. The molecule has 1 aromatic carbocycles. The van der Waals surface area contributed by atoms with Crippen molar-refractivity contribution in [3.8, 4) is 0 Å². The van der Waals surface area contributed by atoms with Crippen molar-refractivity contribution in [2.24, 2.45) is 5.92 Å². The van der Waals surface area contributed by atoms with Crippen molar-refractivity contribution < 1.29 is 8.42 Å². The SMILES string of the molecule is CCCCC1C=Cc2ccccc2C1S(=O)(=O)C(C)(C)C. The normalized spacial score (nSPS) is 22.1. The van der Waals surface area contributed by atoms with Crippen molar-refractivity contribution >= 4 is 15.9 Å². The number of fused-ring (bicyclic) bond motifs is 1. The fourth-order valence-corrected chi connectivity index (χ4v) is 4.94. The Labute approximate surface area is 129 Å². The number of rotatable bonds is 4. The van der Waals surface area contributed by atoms with Gasteiger partial charge in [-0.15, -0.1) is 0 Å². The van der Waals surface area contributed by atoms with Crippen molar-refractivity contribution in [3.05, 3.63) is 41.5 Å². The average Bonchev–Trinajstić information content (AvgIpc) is 2.42. The van der Waals surface area contributed by atoms with Gasteiger partial charge < -0.3 is 0 Å². The first-order chi connectivity index (χ1) is 9.79. The molecule has 21 heavy (non-hydrogen) atoms. The molecule has 0 bridgehead atoms. The standard InChI is InChI=1S/C18H26O2S/c1-5-6-9-15-13-12-14-10-7-8-11-16(14)17(15)21(19,20)18(2,3)4/h7-8,10-13,15,17H,5-6,9H2,1-4H3. The highest BCUT2D eigenvalue weighted by atomic mass is 32.2. The molecule has 2 nitrogen and oxygen atoms in total. The van der Waals surface area contributed by atoms with Crippen LogP contribution in [0.4, 0.5) is 0 Å². The van der Waals surface area contributed by atoms with Gasteiger partial charge in [0.05, 0.1) is 10.00 Å². The summed E-state index contributed by atoms with van der Waals surface area (Å²) in [5.41, 5.74) is 2.01. The summed E-state index contributed by atoms with van der Waals surface area (Å²) in [6, 6.07) is 7.90. The van der Waals surface area contributed by atoms with E-state index in [0.29, 0.717) is 0 Å². The van der Waals surface area contributed by atoms with Crippen LogP contribution in [0.25, 0.3) is 6.08 Å². The van der Waals surface area contributed by atoms with E-state index >= 15 is 0 Å². The number of unbranched alkanes of at least 4 members (excludes halogenated alkanes) is 1. The number of benzene rings is 1. The molecule has 0 aliphatic heterocycles. The topological polar surface area (TPSA) is 34.1 Å². The van der Waals surface area contributed by atoms with Gasteiger partial charge in [-0.3, -0.25) is 0 Å². The summed E-state index contributed by atoms with van der Waals surface area (Å²) in [6.07, 6.45) is 7.28. The van der Waals surface area contributed by atoms with Crippen molar-refractivity contribution in [2.45, 2.75) is 57.0 Å². The quantitative estimate of drug-likeness (QED) is 0.802. The third-order valence-corrected chi connectivity index (χ3v) is 7.27. The fourth-order valence-electron chi connectivity index (χ4n) is 2.95. The average molecular weight is 306 g/mol. The molecule has 0 N–H and O–H groups in total.